The van der Waals surface area contributed by atoms with Crippen LogP contribution in [0, 0.1) is 0 Å². The Hall–Kier alpha value is -2.96. The average Bonchev–Trinajstić information content (AvgIpc) is 2.68. The SMILES string of the molecule is CC(C)(C)OC(=O)N1CCC(Oc2ccc(OCc3ccccc3N)nc2)CC1. The lowest BCUT2D eigenvalue weighted by molar-refractivity contribution is 0.0126. The van der Waals surface area contributed by atoms with E-state index >= 15 is 0 Å². The molecule has 7 nitrogen and oxygen atoms in total. The van der Waals surface area contributed by atoms with Crippen LogP contribution in [0.3, 0.4) is 0 Å². The summed E-state index contributed by atoms with van der Waals surface area (Å²) >= 11 is 0. The maximum absolute atomic E-state index is 12.1. The quantitative estimate of drug-likeness (QED) is 0.764. The van der Waals surface area contributed by atoms with Crippen LogP contribution < -0.4 is 15.2 Å². The standard InChI is InChI=1S/C22H29N3O4/c1-22(2,3)29-21(26)25-12-10-17(11-13-25)28-18-8-9-20(24-14-18)27-15-16-6-4-5-7-19(16)23/h4-9,14,17H,10-13,15,23H2,1-3H3. The maximum Gasteiger partial charge on any atom is 0.410 e. The van der Waals surface area contributed by atoms with E-state index in [0.29, 0.717) is 37.0 Å². The minimum absolute atomic E-state index is 0.0476. The first kappa shape index (κ1) is 20.8. The topological polar surface area (TPSA) is 86.9 Å². The molecule has 2 heterocycles. The minimum atomic E-state index is -0.480. The summed E-state index contributed by atoms with van der Waals surface area (Å²) in [5.41, 5.74) is 7.06. The first-order chi connectivity index (χ1) is 13.8. The number of likely N-dealkylation sites (tertiary alicyclic amines) is 1. The van der Waals surface area contributed by atoms with Gasteiger partial charge in [0.2, 0.25) is 5.88 Å². The number of carbonyl (C=O) groups excluding carboxylic acids is 1. The normalized spacial score (nSPS) is 15.1. The molecule has 2 N–H and O–H groups in total. The molecule has 0 radical (unpaired) electrons. The van der Waals surface area contributed by atoms with Crippen molar-refractivity contribution in [2.24, 2.45) is 0 Å². The van der Waals surface area contributed by atoms with E-state index in [1.54, 1.807) is 17.2 Å². The molecule has 0 bridgehead atoms. The van der Waals surface area contributed by atoms with E-state index in [1.165, 1.54) is 0 Å². The first-order valence-electron chi connectivity index (χ1n) is 9.87. The molecule has 0 atom stereocenters. The Morgan fingerprint density at radius 2 is 1.90 bits per heavy atom. The Morgan fingerprint density at radius 3 is 2.52 bits per heavy atom. The van der Waals surface area contributed by atoms with E-state index in [1.807, 2.05) is 51.1 Å². The monoisotopic (exact) mass is 399 g/mol. The molecule has 0 aliphatic carbocycles. The molecular weight excluding hydrogens is 370 g/mol. The van der Waals surface area contributed by atoms with Gasteiger partial charge in [-0.15, -0.1) is 0 Å². The molecule has 1 fully saturated rings. The number of nitrogens with two attached hydrogens (primary N) is 1. The van der Waals surface area contributed by atoms with Crippen LogP contribution in [0.25, 0.3) is 0 Å². The molecule has 7 heteroatoms. The van der Waals surface area contributed by atoms with Crippen LogP contribution in [0.5, 0.6) is 11.6 Å². The Morgan fingerprint density at radius 1 is 1.17 bits per heavy atom. The number of carbonyl (C=O) groups is 1. The highest BCUT2D eigenvalue weighted by molar-refractivity contribution is 5.68. The van der Waals surface area contributed by atoms with E-state index in [-0.39, 0.29) is 12.2 Å². The zero-order valence-corrected chi connectivity index (χ0v) is 17.3. The number of rotatable bonds is 5. The molecular formula is C22H29N3O4. The average molecular weight is 399 g/mol. The number of ether oxygens (including phenoxy) is 3. The third-order valence-electron chi connectivity index (χ3n) is 4.54. The van der Waals surface area contributed by atoms with E-state index < -0.39 is 5.60 Å². The van der Waals surface area contributed by atoms with Gasteiger partial charge in [-0.25, -0.2) is 9.78 Å². The number of nitrogen functional groups attached to an aromatic ring is 1. The second kappa shape index (κ2) is 9.03. The number of nitrogens with zero attached hydrogens (tertiary/aromatic N) is 2. The van der Waals surface area contributed by atoms with Crippen LogP contribution in [-0.2, 0) is 11.3 Å². The van der Waals surface area contributed by atoms with Crippen LogP contribution in [0.4, 0.5) is 10.5 Å². The zero-order valence-electron chi connectivity index (χ0n) is 17.3. The van der Waals surface area contributed by atoms with Gasteiger partial charge in [-0.2, -0.15) is 0 Å². The van der Waals surface area contributed by atoms with E-state index in [0.717, 1.165) is 18.4 Å². The number of hydrogen-bond acceptors (Lipinski definition) is 6. The summed E-state index contributed by atoms with van der Waals surface area (Å²) in [6.07, 6.45) is 2.95. The van der Waals surface area contributed by atoms with Gasteiger partial charge in [0.25, 0.3) is 0 Å². The maximum atomic E-state index is 12.1. The number of para-hydroxylation sites is 1. The lowest BCUT2D eigenvalue weighted by atomic mass is 10.1. The molecule has 0 saturated carbocycles. The number of amides is 1. The summed E-state index contributed by atoms with van der Waals surface area (Å²) in [5, 5.41) is 0. The number of anilines is 1. The predicted molar refractivity (Wildman–Crippen MR) is 111 cm³/mol. The molecule has 0 spiro atoms. The fourth-order valence-electron chi connectivity index (χ4n) is 3.01. The molecule has 1 amide bonds. The van der Waals surface area contributed by atoms with Gasteiger partial charge >= 0.3 is 6.09 Å². The van der Waals surface area contributed by atoms with Gasteiger partial charge in [-0.3, -0.25) is 0 Å². The second-order valence-electron chi connectivity index (χ2n) is 8.10. The van der Waals surface area contributed by atoms with Crippen LogP contribution in [-0.4, -0.2) is 40.8 Å². The van der Waals surface area contributed by atoms with Crippen LogP contribution in [0.15, 0.2) is 42.6 Å². The van der Waals surface area contributed by atoms with Crippen LogP contribution in [0.1, 0.15) is 39.2 Å². The number of aromatic nitrogens is 1. The Balaban J connectivity index is 1.45. The molecule has 1 aliphatic rings. The molecule has 29 heavy (non-hydrogen) atoms. The number of piperidine rings is 1. The highest BCUT2D eigenvalue weighted by Gasteiger charge is 2.27. The Kier molecular flexibility index (Phi) is 6.46. The number of pyridine rings is 1. The fourth-order valence-corrected chi connectivity index (χ4v) is 3.01. The number of hydrogen-bond donors (Lipinski definition) is 1. The zero-order chi connectivity index (χ0) is 20.9. The van der Waals surface area contributed by atoms with Crippen molar-refractivity contribution in [2.45, 2.75) is 51.9 Å². The summed E-state index contributed by atoms with van der Waals surface area (Å²) in [4.78, 5) is 18.2. The van der Waals surface area contributed by atoms with Gasteiger partial charge in [0.1, 0.15) is 24.1 Å². The van der Waals surface area contributed by atoms with Crippen molar-refractivity contribution in [1.82, 2.24) is 9.88 Å². The van der Waals surface area contributed by atoms with Gasteiger partial charge in [0.05, 0.1) is 6.20 Å². The smallest absolute Gasteiger partial charge is 0.410 e. The highest BCUT2D eigenvalue weighted by Crippen LogP contribution is 2.22. The summed E-state index contributed by atoms with van der Waals surface area (Å²) in [6.45, 7) is 7.21. The predicted octanol–water partition coefficient (Wildman–Crippen LogP) is 4.02. The van der Waals surface area contributed by atoms with Crippen LogP contribution in [0.2, 0.25) is 0 Å². The molecule has 1 aromatic heterocycles. The molecule has 2 aromatic rings. The molecule has 0 unspecified atom stereocenters. The van der Waals surface area contributed by atoms with Crippen molar-refractivity contribution in [1.29, 1.82) is 0 Å². The van der Waals surface area contributed by atoms with Crippen molar-refractivity contribution in [3.05, 3.63) is 48.2 Å². The summed E-state index contributed by atoms with van der Waals surface area (Å²) < 4.78 is 17.1. The van der Waals surface area contributed by atoms with Gasteiger partial charge in [-0.1, -0.05) is 18.2 Å². The molecule has 3 rings (SSSR count). The largest absolute Gasteiger partial charge is 0.489 e. The van der Waals surface area contributed by atoms with E-state index in [9.17, 15) is 4.79 Å². The van der Waals surface area contributed by atoms with E-state index in [4.69, 9.17) is 19.9 Å². The lowest BCUT2D eigenvalue weighted by Crippen LogP contribution is -2.44. The third kappa shape index (κ3) is 6.27. The van der Waals surface area contributed by atoms with Gasteiger partial charge in [-0.05, 0) is 32.9 Å². The lowest BCUT2D eigenvalue weighted by Gasteiger charge is -2.33. The van der Waals surface area contributed by atoms with Crippen molar-refractivity contribution >= 4 is 11.8 Å². The fraction of sp³-hybridized carbons (Fsp3) is 0.455. The highest BCUT2D eigenvalue weighted by atomic mass is 16.6. The second-order valence-corrected chi connectivity index (χ2v) is 8.10. The van der Waals surface area contributed by atoms with Gasteiger partial charge in [0, 0.05) is 43.2 Å². The van der Waals surface area contributed by atoms with Crippen molar-refractivity contribution in [3.8, 4) is 11.6 Å². The van der Waals surface area contributed by atoms with Crippen molar-refractivity contribution in [2.75, 3.05) is 18.8 Å². The minimum Gasteiger partial charge on any atom is -0.489 e. The van der Waals surface area contributed by atoms with Gasteiger partial charge in [0.15, 0.2) is 0 Å². The van der Waals surface area contributed by atoms with Crippen molar-refractivity contribution in [3.63, 3.8) is 0 Å². The van der Waals surface area contributed by atoms with Gasteiger partial charge < -0.3 is 24.8 Å². The molecule has 1 aliphatic heterocycles. The molecule has 156 valence electrons. The first-order valence-corrected chi connectivity index (χ1v) is 9.87. The number of benzene rings is 1. The molecule has 1 aromatic carbocycles. The van der Waals surface area contributed by atoms with Crippen LogP contribution >= 0.6 is 0 Å². The Bertz CT molecular complexity index is 810. The summed E-state index contributed by atoms with van der Waals surface area (Å²) in [5.74, 6) is 1.20. The van der Waals surface area contributed by atoms with Crippen molar-refractivity contribution < 1.29 is 19.0 Å². The molecule has 1 saturated heterocycles. The summed E-state index contributed by atoms with van der Waals surface area (Å²) in [6, 6.07) is 11.2. The Labute approximate surface area is 171 Å². The van der Waals surface area contributed by atoms with E-state index in [2.05, 4.69) is 4.98 Å². The third-order valence-corrected chi connectivity index (χ3v) is 4.54. The summed E-state index contributed by atoms with van der Waals surface area (Å²) in [7, 11) is 0.